The van der Waals surface area contributed by atoms with Gasteiger partial charge in [0.25, 0.3) is 5.91 Å². The van der Waals surface area contributed by atoms with Crippen molar-refractivity contribution in [2.24, 2.45) is 0 Å². The first-order chi connectivity index (χ1) is 16.9. The normalized spacial score (nSPS) is 10.6. The van der Waals surface area contributed by atoms with Crippen molar-refractivity contribution in [1.82, 2.24) is 4.90 Å². The van der Waals surface area contributed by atoms with Gasteiger partial charge in [-0.05, 0) is 60.0 Å². The van der Waals surface area contributed by atoms with Gasteiger partial charge in [-0.2, -0.15) is 0 Å². The quantitative estimate of drug-likeness (QED) is 0.417. The zero-order chi connectivity index (χ0) is 25.2. The molecular formula is C28H32FN3O3. The second kappa shape index (κ2) is 12.7. The van der Waals surface area contributed by atoms with E-state index in [9.17, 15) is 14.0 Å². The maximum Gasteiger partial charge on any atom is 0.254 e. The Kier molecular flexibility index (Phi) is 9.38. The van der Waals surface area contributed by atoms with E-state index in [0.29, 0.717) is 30.9 Å². The van der Waals surface area contributed by atoms with Crippen molar-refractivity contribution in [3.63, 3.8) is 0 Å². The molecule has 3 rings (SSSR count). The highest BCUT2D eigenvalue weighted by atomic mass is 19.1. The molecule has 7 heteroatoms. The molecule has 0 spiro atoms. The lowest BCUT2D eigenvalue weighted by Crippen LogP contribution is -2.32. The van der Waals surface area contributed by atoms with Crippen LogP contribution < -0.4 is 10.2 Å². The lowest BCUT2D eigenvalue weighted by atomic mass is 10.1. The molecule has 0 bridgehead atoms. The van der Waals surface area contributed by atoms with E-state index in [0.717, 1.165) is 23.2 Å². The van der Waals surface area contributed by atoms with Gasteiger partial charge in [0.1, 0.15) is 12.4 Å². The second-order valence-electron chi connectivity index (χ2n) is 8.50. The summed E-state index contributed by atoms with van der Waals surface area (Å²) in [5.41, 5.74) is 3.90. The summed E-state index contributed by atoms with van der Waals surface area (Å²) in [6.45, 7) is 3.20. The Morgan fingerprint density at radius 2 is 1.69 bits per heavy atom. The number of carbonyl (C=O) groups is 2. The molecule has 0 atom stereocenters. The smallest absolute Gasteiger partial charge is 0.254 e. The zero-order valence-corrected chi connectivity index (χ0v) is 20.5. The van der Waals surface area contributed by atoms with E-state index in [1.165, 1.54) is 24.3 Å². The first kappa shape index (κ1) is 25.9. The lowest BCUT2D eigenvalue weighted by molar-refractivity contribution is -0.121. The third-order valence-corrected chi connectivity index (χ3v) is 5.42. The summed E-state index contributed by atoms with van der Waals surface area (Å²) in [5, 5.41) is 2.88. The molecule has 0 aliphatic rings. The molecule has 0 aliphatic carbocycles. The van der Waals surface area contributed by atoms with Gasteiger partial charge in [-0.25, -0.2) is 4.39 Å². The van der Waals surface area contributed by atoms with Crippen LogP contribution in [0.4, 0.5) is 15.8 Å². The third kappa shape index (κ3) is 7.65. The van der Waals surface area contributed by atoms with Crippen LogP contribution in [0.3, 0.4) is 0 Å². The summed E-state index contributed by atoms with van der Waals surface area (Å²) in [7, 11) is 3.86. The fourth-order valence-corrected chi connectivity index (χ4v) is 3.76. The van der Waals surface area contributed by atoms with Crippen molar-refractivity contribution >= 4 is 23.2 Å². The fraction of sp³-hybridized carbons (Fsp3) is 0.286. The molecule has 3 aromatic rings. The van der Waals surface area contributed by atoms with Crippen molar-refractivity contribution < 1.29 is 18.7 Å². The Morgan fingerprint density at radius 1 is 0.971 bits per heavy atom. The molecule has 3 aromatic carbocycles. The molecule has 0 radical (unpaired) electrons. The minimum Gasteiger partial charge on any atom is -0.377 e. The van der Waals surface area contributed by atoms with Crippen LogP contribution in [0.15, 0.2) is 72.8 Å². The molecule has 35 heavy (non-hydrogen) atoms. The van der Waals surface area contributed by atoms with Crippen molar-refractivity contribution in [3.05, 3.63) is 95.3 Å². The van der Waals surface area contributed by atoms with Gasteiger partial charge in [-0.3, -0.25) is 9.59 Å². The highest BCUT2D eigenvalue weighted by Gasteiger charge is 2.18. The maximum atomic E-state index is 13.3. The molecule has 0 aromatic heterocycles. The highest BCUT2D eigenvalue weighted by molar-refractivity contribution is 5.94. The first-order valence-corrected chi connectivity index (χ1v) is 11.6. The summed E-state index contributed by atoms with van der Waals surface area (Å²) in [6, 6.07) is 20.9. The minimum atomic E-state index is -0.380. The van der Waals surface area contributed by atoms with Gasteiger partial charge in [-0.1, -0.05) is 37.3 Å². The number of nitrogens with zero attached hydrogens (tertiary/aromatic N) is 2. The van der Waals surface area contributed by atoms with Crippen molar-refractivity contribution in [1.29, 1.82) is 0 Å². The van der Waals surface area contributed by atoms with Gasteiger partial charge in [-0.15, -0.1) is 0 Å². The summed E-state index contributed by atoms with van der Waals surface area (Å²) < 4.78 is 18.9. The van der Waals surface area contributed by atoms with E-state index in [2.05, 4.69) is 5.32 Å². The summed E-state index contributed by atoms with van der Waals surface area (Å²) in [6.07, 6.45) is 0.777. The lowest BCUT2D eigenvalue weighted by Gasteiger charge is -2.26. The van der Waals surface area contributed by atoms with Crippen molar-refractivity contribution in [2.45, 2.75) is 26.5 Å². The van der Waals surface area contributed by atoms with E-state index in [4.69, 9.17) is 4.74 Å². The largest absolute Gasteiger partial charge is 0.377 e. The standard InChI is InChI=1S/C28H32FN3O3/c1-4-16-32(28(34)22-10-12-24(29)13-11-22)18-23-17-25(14-15-26(23)31(2)3)30-27(33)20-35-19-21-8-6-5-7-9-21/h5-15,17H,4,16,18-20H2,1-3H3,(H,30,33). The second-order valence-corrected chi connectivity index (χ2v) is 8.50. The molecule has 0 fully saturated rings. The first-order valence-electron chi connectivity index (χ1n) is 11.6. The van der Waals surface area contributed by atoms with Crippen LogP contribution in [0.2, 0.25) is 0 Å². The van der Waals surface area contributed by atoms with Crippen LogP contribution in [-0.2, 0) is 22.7 Å². The Labute approximate surface area is 206 Å². The predicted octanol–water partition coefficient (Wildman–Crippen LogP) is 5.10. The van der Waals surface area contributed by atoms with Gasteiger partial charge in [0.2, 0.25) is 5.91 Å². The molecule has 0 saturated heterocycles. The number of ether oxygens (including phenoxy) is 1. The van der Waals surface area contributed by atoms with Gasteiger partial charge in [0, 0.05) is 44.1 Å². The topological polar surface area (TPSA) is 61.9 Å². The Hall–Kier alpha value is -3.71. The Bertz CT molecular complexity index is 1120. The van der Waals surface area contributed by atoms with Crippen LogP contribution >= 0.6 is 0 Å². The molecule has 1 N–H and O–H groups in total. The van der Waals surface area contributed by atoms with Crippen LogP contribution in [0.5, 0.6) is 0 Å². The molecule has 0 unspecified atom stereocenters. The number of amides is 2. The number of nitrogens with one attached hydrogen (secondary N) is 1. The molecule has 2 amide bonds. The summed E-state index contributed by atoms with van der Waals surface area (Å²) >= 11 is 0. The Morgan fingerprint density at radius 3 is 2.34 bits per heavy atom. The van der Waals surface area contributed by atoms with E-state index in [-0.39, 0.29) is 24.2 Å². The molecule has 184 valence electrons. The molecular weight excluding hydrogens is 445 g/mol. The number of anilines is 2. The van der Waals surface area contributed by atoms with E-state index < -0.39 is 0 Å². The number of hydrogen-bond acceptors (Lipinski definition) is 4. The van der Waals surface area contributed by atoms with E-state index in [1.807, 2.05) is 74.4 Å². The Balaban J connectivity index is 1.71. The highest BCUT2D eigenvalue weighted by Crippen LogP contribution is 2.25. The van der Waals surface area contributed by atoms with Gasteiger partial charge in [0.15, 0.2) is 0 Å². The number of benzene rings is 3. The molecule has 0 saturated carbocycles. The van der Waals surface area contributed by atoms with Gasteiger partial charge < -0.3 is 19.9 Å². The maximum absolute atomic E-state index is 13.3. The number of hydrogen-bond donors (Lipinski definition) is 1. The molecule has 0 aliphatic heterocycles. The SMILES string of the molecule is CCCN(Cc1cc(NC(=O)COCc2ccccc2)ccc1N(C)C)C(=O)c1ccc(F)cc1. The summed E-state index contributed by atoms with van der Waals surface area (Å²) in [4.78, 5) is 29.3. The van der Waals surface area contributed by atoms with Crippen LogP contribution in [0.25, 0.3) is 0 Å². The predicted molar refractivity (Wildman–Crippen MR) is 137 cm³/mol. The number of rotatable bonds is 11. The zero-order valence-electron chi connectivity index (χ0n) is 20.5. The van der Waals surface area contributed by atoms with Crippen LogP contribution in [0.1, 0.15) is 34.8 Å². The monoisotopic (exact) mass is 477 g/mol. The average Bonchev–Trinajstić information content (AvgIpc) is 2.84. The third-order valence-electron chi connectivity index (χ3n) is 5.42. The fourth-order valence-electron chi connectivity index (χ4n) is 3.76. The minimum absolute atomic E-state index is 0.0648. The van der Waals surface area contributed by atoms with Crippen molar-refractivity contribution in [2.75, 3.05) is 37.5 Å². The van der Waals surface area contributed by atoms with Crippen LogP contribution in [0, 0.1) is 5.82 Å². The van der Waals surface area contributed by atoms with E-state index in [1.54, 1.807) is 4.90 Å². The van der Waals surface area contributed by atoms with Gasteiger partial charge >= 0.3 is 0 Å². The van der Waals surface area contributed by atoms with Crippen molar-refractivity contribution in [3.8, 4) is 0 Å². The molecule has 0 heterocycles. The number of carbonyl (C=O) groups excluding carboxylic acids is 2. The van der Waals surface area contributed by atoms with Gasteiger partial charge in [0.05, 0.1) is 6.61 Å². The average molecular weight is 478 g/mol. The number of halogens is 1. The van der Waals surface area contributed by atoms with Crippen LogP contribution in [-0.4, -0.2) is 44.0 Å². The molecule has 6 nitrogen and oxygen atoms in total. The van der Waals surface area contributed by atoms with E-state index >= 15 is 0 Å². The summed E-state index contributed by atoms with van der Waals surface area (Å²) in [5.74, 6) is -0.799.